The second-order valence-corrected chi connectivity index (χ2v) is 4.26. The van der Waals surface area contributed by atoms with Crippen LogP contribution >= 0.6 is 11.3 Å². The molecule has 1 heterocycles. The molecule has 2 nitrogen and oxygen atoms in total. The van der Waals surface area contributed by atoms with Crippen LogP contribution in [0.25, 0.3) is 0 Å². The van der Waals surface area contributed by atoms with Crippen molar-refractivity contribution in [2.24, 2.45) is 0 Å². The summed E-state index contributed by atoms with van der Waals surface area (Å²) in [6, 6.07) is 3.53. The van der Waals surface area contributed by atoms with Crippen molar-refractivity contribution in [1.29, 1.82) is 0 Å². The number of benzene rings is 1. The first-order valence-corrected chi connectivity index (χ1v) is 5.57. The number of nitrogens with zero attached hydrogens (tertiary/aromatic N) is 1. The largest absolute Gasteiger partial charge is 0.388 e. The SMILES string of the molecule is OC(Cc1nccs1)c1c(F)cccc1F. The summed E-state index contributed by atoms with van der Waals surface area (Å²) in [6.07, 6.45) is 0.507. The minimum absolute atomic E-state index is 0.121. The lowest BCUT2D eigenvalue weighted by Crippen LogP contribution is -2.06. The number of halogens is 2. The van der Waals surface area contributed by atoms with Gasteiger partial charge in [-0.2, -0.15) is 0 Å². The Kier molecular flexibility index (Phi) is 3.26. The minimum Gasteiger partial charge on any atom is -0.388 e. The molecule has 2 rings (SSSR count). The normalized spacial score (nSPS) is 12.7. The first kappa shape index (κ1) is 11.2. The molecule has 0 aliphatic heterocycles. The Morgan fingerprint density at radius 2 is 2.00 bits per heavy atom. The standard InChI is InChI=1S/C11H9F2NOS/c12-7-2-1-3-8(13)11(7)9(15)6-10-14-4-5-16-10/h1-5,9,15H,6H2. The predicted molar refractivity (Wildman–Crippen MR) is 57.1 cm³/mol. The fourth-order valence-corrected chi connectivity index (χ4v) is 2.10. The van der Waals surface area contributed by atoms with Gasteiger partial charge in [0.05, 0.1) is 16.7 Å². The molecule has 0 saturated heterocycles. The first-order chi connectivity index (χ1) is 7.68. The van der Waals surface area contributed by atoms with Crippen molar-refractivity contribution in [2.45, 2.75) is 12.5 Å². The fourth-order valence-electron chi connectivity index (χ4n) is 1.45. The molecule has 84 valence electrons. The van der Waals surface area contributed by atoms with Crippen LogP contribution in [0.5, 0.6) is 0 Å². The van der Waals surface area contributed by atoms with Crippen molar-refractivity contribution in [3.63, 3.8) is 0 Å². The van der Waals surface area contributed by atoms with Gasteiger partial charge >= 0.3 is 0 Å². The van der Waals surface area contributed by atoms with Gasteiger partial charge in [-0.1, -0.05) is 6.07 Å². The maximum Gasteiger partial charge on any atom is 0.131 e. The van der Waals surface area contributed by atoms with Gasteiger partial charge in [-0.25, -0.2) is 13.8 Å². The van der Waals surface area contributed by atoms with Gasteiger partial charge in [-0.05, 0) is 12.1 Å². The summed E-state index contributed by atoms with van der Waals surface area (Å²) in [6.45, 7) is 0. The Hall–Kier alpha value is -1.33. The number of rotatable bonds is 3. The molecule has 1 aromatic carbocycles. The molecule has 0 saturated carbocycles. The summed E-state index contributed by atoms with van der Waals surface area (Å²) in [7, 11) is 0. The number of aromatic nitrogens is 1. The van der Waals surface area contributed by atoms with Gasteiger partial charge < -0.3 is 5.11 Å². The van der Waals surface area contributed by atoms with Crippen molar-refractivity contribution >= 4 is 11.3 Å². The zero-order valence-corrected chi connectivity index (χ0v) is 9.05. The second kappa shape index (κ2) is 4.67. The van der Waals surface area contributed by atoms with Crippen LogP contribution in [0.15, 0.2) is 29.8 Å². The zero-order valence-electron chi connectivity index (χ0n) is 8.23. The van der Waals surface area contributed by atoms with E-state index in [0.29, 0.717) is 5.01 Å². The number of hydrogen-bond acceptors (Lipinski definition) is 3. The van der Waals surface area contributed by atoms with Crippen molar-refractivity contribution in [1.82, 2.24) is 4.98 Å². The zero-order chi connectivity index (χ0) is 11.5. The molecule has 16 heavy (non-hydrogen) atoms. The molecule has 0 amide bonds. The molecule has 1 unspecified atom stereocenters. The van der Waals surface area contributed by atoms with Crippen molar-refractivity contribution in [3.8, 4) is 0 Å². The lowest BCUT2D eigenvalue weighted by molar-refractivity contribution is 0.168. The van der Waals surface area contributed by atoms with Crippen LogP contribution < -0.4 is 0 Å². The van der Waals surface area contributed by atoms with Crippen molar-refractivity contribution in [2.75, 3.05) is 0 Å². The monoisotopic (exact) mass is 241 g/mol. The first-order valence-electron chi connectivity index (χ1n) is 4.69. The van der Waals surface area contributed by atoms with Gasteiger partial charge in [0.15, 0.2) is 0 Å². The lowest BCUT2D eigenvalue weighted by atomic mass is 10.1. The smallest absolute Gasteiger partial charge is 0.131 e. The number of thiazole rings is 1. The Morgan fingerprint density at radius 3 is 2.56 bits per heavy atom. The summed E-state index contributed by atoms with van der Waals surface area (Å²) < 4.78 is 26.6. The maximum absolute atomic E-state index is 13.3. The molecule has 0 aliphatic rings. The van der Waals surface area contributed by atoms with E-state index in [1.807, 2.05) is 0 Å². The van der Waals surface area contributed by atoms with Crippen molar-refractivity contribution < 1.29 is 13.9 Å². The molecule has 2 aromatic rings. The quantitative estimate of drug-likeness (QED) is 0.896. The Balaban J connectivity index is 2.24. The summed E-state index contributed by atoms with van der Waals surface area (Å²) in [4.78, 5) is 3.95. The summed E-state index contributed by atoms with van der Waals surface area (Å²) in [5.74, 6) is -1.46. The maximum atomic E-state index is 13.3. The highest BCUT2D eigenvalue weighted by atomic mass is 32.1. The topological polar surface area (TPSA) is 33.1 Å². The van der Waals surface area contributed by atoms with Gasteiger partial charge in [-0.15, -0.1) is 11.3 Å². The lowest BCUT2D eigenvalue weighted by Gasteiger charge is -2.11. The van der Waals surface area contributed by atoms with E-state index in [1.165, 1.54) is 17.4 Å². The van der Waals surface area contributed by atoms with Crippen LogP contribution in [0.4, 0.5) is 8.78 Å². The molecular weight excluding hydrogens is 232 g/mol. The average molecular weight is 241 g/mol. The molecule has 0 aliphatic carbocycles. The minimum atomic E-state index is -1.20. The van der Waals surface area contributed by atoms with E-state index < -0.39 is 17.7 Å². The second-order valence-electron chi connectivity index (χ2n) is 3.28. The predicted octanol–water partition coefficient (Wildman–Crippen LogP) is 2.70. The highest BCUT2D eigenvalue weighted by Gasteiger charge is 2.18. The third kappa shape index (κ3) is 2.25. The van der Waals surface area contributed by atoms with E-state index in [4.69, 9.17) is 0 Å². The van der Waals surface area contributed by atoms with Gasteiger partial charge in [0.1, 0.15) is 11.6 Å². The van der Waals surface area contributed by atoms with Crippen LogP contribution in [0.1, 0.15) is 16.7 Å². The number of hydrogen-bond donors (Lipinski definition) is 1. The fraction of sp³-hybridized carbons (Fsp3) is 0.182. The van der Waals surface area contributed by atoms with E-state index in [9.17, 15) is 13.9 Å². The highest BCUT2D eigenvalue weighted by Crippen LogP contribution is 2.24. The molecular formula is C11H9F2NOS. The molecule has 0 fully saturated rings. The summed E-state index contributed by atoms with van der Waals surface area (Å²) in [5.41, 5.74) is -0.294. The Morgan fingerprint density at radius 1 is 1.31 bits per heavy atom. The molecule has 0 bridgehead atoms. The number of aliphatic hydroxyl groups is 1. The van der Waals surface area contributed by atoms with Gasteiger partial charge in [0.25, 0.3) is 0 Å². The molecule has 0 radical (unpaired) electrons. The molecule has 1 aromatic heterocycles. The highest BCUT2D eigenvalue weighted by molar-refractivity contribution is 7.09. The van der Waals surface area contributed by atoms with Crippen LogP contribution in [0.2, 0.25) is 0 Å². The Bertz CT molecular complexity index is 453. The van der Waals surface area contributed by atoms with E-state index in [-0.39, 0.29) is 12.0 Å². The van der Waals surface area contributed by atoms with Crippen LogP contribution in [0, 0.1) is 11.6 Å². The van der Waals surface area contributed by atoms with E-state index >= 15 is 0 Å². The molecule has 5 heteroatoms. The van der Waals surface area contributed by atoms with Crippen molar-refractivity contribution in [3.05, 3.63) is 52.0 Å². The van der Waals surface area contributed by atoms with Gasteiger partial charge in [-0.3, -0.25) is 0 Å². The van der Waals surface area contributed by atoms with Crippen LogP contribution in [-0.4, -0.2) is 10.1 Å². The van der Waals surface area contributed by atoms with Crippen LogP contribution in [-0.2, 0) is 6.42 Å². The number of aliphatic hydroxyl groups excluding tert-OH is 1. The van der Waals surface area contributed by atoms with E-state index in [2.05, 4.69) is 4.98 Å². The van der Waals surface area contributed by atoms with Gasteiger partial charge in [0, 0.05) is 18.0 Å². The van der Waals surface area contributed by atoms with E-state index in [1.54, 1.807) is 11.6 Å². The van der Waals surface area contributed by atoms with Crippen LogP contribution in [0.3, 0.4) is 0 Å². The average Bonchev–Trinajstić information content (AvgIpc) is 2.70. The summed E-state index contributed by atoms with van der Waals surface area (Å²) >= 11 is 1.34. The summed E-state index contributed by atoms with van der Waals surface area (Å²) in [5, 5.41) is 12.1. The molecule has 1 atom stereocenters. The van der Waals surface area contributed by atoms with E-state index in [0.717, 1.165) is 12.1 Å². The third-order valence-corrected chi connectivity index (χ3v) is 2.99. The molecule has 1 N–H and O–H groups in total. The Labute approximate surface area is 95.2 Å². The third-order valence-electron chi connectivity index (χ3n) is 2.18. The van der Waals surface area contributed by atoms with Gasteiger partial charge in [0.2, 0.25) is 0 Å². The molecule has 0 spiro atoms.